The first kappa shape index (κ1) is 22.0. The van der Waals surface area contributed by atoms with Gasteiger partial charge in [-0.3, -0.25) is 0 Å². The Bertz CT molecular complexity index is 1400. The predicted octanol–water partition coefficient (Wildman–Crippen LogP) is 6.87. The van der Waals surface area contributed by atoms with Gasteiger partial charge in [0.25, 0.3) is 0 Å². The number of ether oxygens (including phenoxy) is 1. The van der Waals surface area contributed by atoms with E-state index in [0.717, 1.165) is 24.1 Å². The third kappa shape index (κ3) is 3.82. The van der Waals surface area contributed by atoms with Gasteiger partial charge in [-0.05, 0) is 68.0 Å². The second kappa shape index (κ2) is 8.93. The van der Waals surface area contributed by atoms with Gasteiger partial charge in [-0.15, -0.1) is 11.3 Å². The molecular formula is C29H29N3O2S. The summed E-state index contributed by atoms with van der Waals surface area (Å²) in [7, 11) is 1.63. The summed E-state index contributed by atoms with van der Waals surface area (Å²) < 4.78 is 7.83. The zero-order valence-corrected chi connectivity index (χ0v) is 20.9. The fourth-order valence-electron chi connectivity index (χ4n) is 5.51. The largest absolute Gasteiger partial charge is 0.495 e. The van der Waals surface area contributed by atoms with Crippen LogP contribution < -0.4 is 10.1 Å². The van der Waals surface area contributed by atoms with E-state index in [1.807, 2.05) is 40.5 Å². The zero-order chi connectivity index (χ0) is 23.9. The van der Waals surface area contributed by atoms with Crippen LogP contribution in [0, 0.1) is 6.92 Å². The third-order valence-electron chi connectivity index (χ3n) is 7.15. The molecule has 0 bridgehead atoms. The minimum Gasteiger partial charge on any atom is -0.495 e. The van der Waals surface area contributed by atoms with Crippen LogP contribution in [0.15, 0.2) is 66.9 Å². The van der Waals surface area contributed by atoms with Gasteiger partial charge in [0.1, 0.15) is 10.8 Å². The molecule has 2 aromatic carbocycles. The molecule has 6 rings (SSSR count). The molecule has 1 aliphatic carbocycles. The second-order valence-electron chi connectivity index (χ2n) is 9.37. The van der Waals surface area contributed by atoms with E-state index >= 15 is 0 Å². The van der Waals surface area contributed by atoms with Crippen molar-refractivity contribution < 1.29 is 9.53 Å². The summed E-state index contributed by atoms with van der Waals surface area (Å²) in [5.74, 6) is 0.653. The minimum atomic E-state index is -0.210. The number of benzene rings is 2. The molecule has 178 valence electrons. The monoisotopic (exact) mass is 483 g/mol. The SMILES string of the molecule is COc1ccccc1NC(=O)N1Cc2c(sc3c2CCCC3)-n2cccc2C1c1cccc(C)c1. The first-order chi connectivity index (χ1) is 17.1. The van der Waals surface area contributed by atoms with Gasteiger partial charge < -0.3 is 19.5 Å². The topological polar surface area (TPSA) is 46.5 Å². The standard InChI is InChI=1S/C29H29N3O2S/c1-19-9-7-10-20(17-19)27-24-13-8-16-31(24)28-22(21-11-3-6-15-26(21)35-28)18-32(27)29(33)30-23-12-4-5-14-25(23)34-2/h4-5,7-10,12-14,16-17,27H,3,6,11,15,18H2,1-2H3,(H,30,33). The van der Waals surface area contributed by atoms with Crippen LogP contribution in [0.2, 0.25) is 0 Å². The summed E-state index contributed by atoms with van der Waals surface area (Å²) >= 11 is 1.91. The van der Waals surface area contributed by atoms with E-state index in [2.05, 4.69) is 59.4 Å². The Morgan fingerprint density at radius 1 is 1.03 bits per heavy atom. The summed E-state index contributed by atoms with van der Waals surface area (Å²) in [6.45, 7) is 2.67. The molecule has 0 fully saturated rings. The Labute approximate surface area is 210 Å². The van der Waals surface area contributed by atoms with Gasteiger partial charge in [-0.1, -0.05) is 42.0 Å². The molecule has 0 saturated heterocycles. The van der Waals surface area contributed by atoms with Crippen molar-refractivity contribution in [3.05, 3.63) is 99.7 Å². The fraction of sp³-hybridized carbons (Fsp3) is 0.276. The smallest absolute Gasteiger partial charge is 0.323 e. The van der Waals surface area contributed by atoms with Gasteiger partial charge in [0.05, 0.1) is 31.1 Å². The van der Waals surface area contributed by atoms with Crippen molar-refractivity contribution in [2.24, 2.45) is 0 Å². The highest BCUT2D eigenvalue weighted by Crippen LogP contribution is 2.44. The Morgan fingerprint density at radius 3 is 2.74 bits per heavy atom. The number of carbonyl (C=O) groups is 1. The maximum Gasteiger partial charge on any atom is 0.323 e. The van der Waals surface area contributed by atoms with E-state index in [1.165, 1.54) is 39.4 Å². The Kier molecular flexibility index (Phi) is 5.61. The Morgan fingerprint density at radius 2 is 1.89 bits per heavy atom. The van der Waals surface area contributed by atoms with Crippen molar-refractivity contribution in [2.45, 2.75) is 45.2 Å². The highest BCUT2D eigenvalue weighted by molar-refractivity contribution is 7.15. The first-order valence-corrected chi connectivity index (χ1v) is 13.0. The number of methoxy groups -OCH3 is 1. The van der Waals surface area contributed by atoms with E-state index in [4.69, 9.17) is 4.74 Å². The van der Waals surface area contributed by atoms with Crippen molar-refractivity contribution in [2.75, 3.05) is 12.4 Å². The number of thiophene rings is 1. The van der Waals surface area contributed by atoms with Gasteiger partial charge in [0.15, 0.2) is 0 Å². The maximum absolute atomic E-state index is 14.0. The lowest BCUT2D eigenvalue weighted by atomic mass is 9.95. The van der Waals surface area contributed by atoms with Crippen molar-refractivity contribution in [1.29, 1.82) is 0 Å². The van der Waals surface area contributed by atoms with Gasteiger partial charge in [-0.25, -0.2) is 4.79 Å². The number of anilines is 1. The van der Waals surface area contributed by atoms with Crippen molar-refractivity contribution >= 4 is 23.1 Å². The maximum atomic E-state index is 14.0. The molecule has 2 aromatic heterocycles. The number of nitrogens with one attached hydrogen (secondary N) is 1. The fourth-order valence-corrected chi connectivity index (χ4v) is 6.92. The van der Waals surface area contributed by atoms with E-state index in [1.54, 1.807) is 7.11 Å². The van der Waals surface area contributed by atoms with E-state index in [-0.39, 0.29) is 12.1 Å². The van der Waals surface area contributed by atoms with E-state index in [9.17, 15) is 4.79 Å². The van der Waals surface area contributed by atoms with E-state index < -0.39 is 0 Å². The van der Waals surface area contributed by atoms with Crippen LogP contribution in [0.1, 0.15) is 51.7 Å². The first-order valence-electron chi connectivity index (χ1n) is 12.2. The molecule has 35 heavy (non-hydrogen) atoms. The Balaban J connectivity index is 1.50. The summed E-state index contributed by atoms with van der Waals surface area (Å²) in [4.78, 5) is 17.5. The van der Waals surface area contributed by atoms with Crippen molar-refractivity contribution in [3.63, 3.8) is 0 Å². The third-order valence-corrected chi connectivity index (χ3v) is 8.48. The van der Waals surface area contributed by atoms with Crippen LogP contribution in [-0.4, -0.2) is 22.6 Å². The number of para-hydroxylation sites is 2. The molecular weight excluding hydrogens is 454 g/mol. The summed E-state index contributed by atoms with van der Waals surface area (Å²) in [5.41, 5.74) is 6.84. The van der Waals surface area contributed by atoms with Crippen LogP contribution in [-0.2, 0) is 19.4 Å². The predicted molar refractivity (Wildman–Crippen MR) is 141 cm³/mol. The number of urea groups is 1. The number of carbonyl (C=O) groups excluding carboxylic acids is 1. The van der Waals surface area contributed by atoms with Crippen LogP contribution in [0.25, 0.3) is 5.00 Å². The molecule has 1 atom stereocenters. The average Bonchev–Trinajstić information content (AvgIpc) is 3.46. The number of rotatable bonds is 3. The number of fused-ring (bicyclic) bond motifs is 5. The number of hydrogen-bond acceptors (Lipinski definition) is 3. The van der Waals surface area contributed by atoms with Gasteiger partial charge in [0, 0.05) is 16.6 Å². The van der Waals surface area contributed by atoms with Crippen LogP contribution in [0.4, 0.5) is 10.5 Å². The number of aromatic nitrogens is 1. The van der Waals surface area contributed by atoms with Crippen molar-refractivity contribution in [3.8, 4) is 10.8 Å². The molecule has 2 amide bonds. The lowest BCUT2D eigenvalue weighted by Gasteiger charge is -2.31. The van der Waals surface area contributed by atoms with Crippen LogP contribution in [0.5, 0.6) is 5.75 Å². The summed E-state index contributed by atoms with van der Waals surface area (Å²) in [5, 5.41) is 4.42. The lowest BCUT2D eigenvalue weighted by molar-refractivity contribution is 0.194. The number of amides is 2. The molecule has 0 saturated carbocycles. The molecule has 3 heterocycles. The number of hydrogen-bond donors (Lipinski definition) is 1. The number of aryl methyl sites for hydroxylation is 2. The molecule has 1 aliphatic heterocycles. The molecule has 5 nitrogen and oxygen atoms in total. The highest BCUT2D eigenvalue weighted by Gasteiger charge is 2.36. The molecule has 0 radical (unpaired) electrons. The molecule has 0 spiro atoms. The normalized spacial score (nSPS) is 16.6. The molecule has 1 unspecified atom stereocenters. The second-order valence-corrected chi connectivity index (χ2v) is 10.5. The molecule has 4 aromatic rings. The minimum absolute atomic E-state index is 0.127. The lowest BCUT2D eigenvalue weighted by Crippen LogP contribution is -2.38. The summed E-state index contributed by atoms with van der Waals surface area (Å²) in [6, 6.07) is 20.0. The number of nitrogens with zero attached hydrogens (tertiary/aromatic N) is 2. The van der Waals surface area contributed by atoms with Crippen molar-refractivity contribution in [1.82, 2.24) is 9.47 Å². The molecule has 1 N–H and O–H groups in total. The van der Waals surface area contributed by atoms with E-state index in [0.29, 0.717) is 18.0 Å². The Hall–Kier alpha value is -3.51. The molecule has 2 aliphatic rings. The van der Waals surface area contributed by atoms with Gasteiger partial charge >= 0.3 is 6.03 Å². The highest BCUT2D eigenvalue weighted by atomic mass is 32.1. The summed E-state index contributed by atoms with van der Waals surface area (Å²) in [6.07, 6.45) is 6.84. The zero-order valence-electron chi connectivity index (χ0n) is 20.1. The quantitative estimate of drug-likeness (QED) is 0.346. The van der Waals surface area contributed by atoms with Crippen LogP contribution >= 0.6 is 11.3 Å². The average molecular weight is 484 g/mol. The van der Waals surface area contributed by atoms with Gasteiger partial charge in [-0.2, -0.15) is 0 Å². The van der Waals surface area contributed by atoms with Gasteiger partial charge in [0.2, 0.25) is 0 Å². The van der Waals surface area contributed by atoms with Crippen LogP contribution in [0.3, 0.4) is 0 Å². The molecule has 6 heteroatoms.